The molecule has 0 N–H and O–H groups in total. The number of esters is 1. The van der Waals surface area contributed by atoms with Crippen LogP contribution in [-0.4, -0.2) is 12.6 Å². The molecule has 1 atom stereocenters. The summed E-state index contributed by atoms with van der Waals surface area (Å²) in [6, 6.07) is 2.05. The van der Waals surface area contributed by atoms with Crippen molar-refractivity contribution >= 4 is 5.97 Å². The molecule has 0 radical (unpaired) electrons. The number of hydrogen-bond donors (Lipinski definition) is 0. The fourth-order valence-electron chi connectivity index (χ4n) is 1.30. The zero-order valence-electron chi connectivity index (χ0n) is 10.7. The van der Waals surface area contributed by atoms with Crippen molar-refractivity contribution in [2.75, 3.05) is 6.61 Å². The molecule has 0 aliphatic carbocycles. The number of carbonyl (C=O) groups excluding carboxylic acids is 1. The van der Waals surface area contributed by atoms with Gasteiger partial charge in [0.25, 0.3) is 0 Å². The van der Waals surface area contributed by atoms with Crippen molar-refractivity contribution in [2.45, 2.75) is 47.0 Å². The molecule has 0 heterocycles. The van der Waals surface area contributed by atoms with Gasteiger partial charge < -0.3 is 4.74 Å². The molecule has 0 aromatic heterocycles. The maximum absolute atomic E-state index is 11.7. The molecule has 0 fully saturated rings. The summed E-state index contributed by atoms with van der Waals surface area (Å²) in [5, 5.41) is 9.12. The van der Waals surface area contributed by atoms with Gasteiger partial charge in [0.05, 0.1) is 12.7 Å². The van der Waals surface area contributed by atoms with Gasteiger partial charge in [-0.15, -0.1) is 0 Å². The number of nitrogens with zero attached hydrogens (tertiary/aromatic N) is 1. The standard InChI is InChI=1S/C13H21NO2/c1-5-7-8-9-11(3)13(4,10-14)12(15)16-6-2/h9H,5-8H2,1-4H3/b11-9-/t13-/m0/s1. The molecule has 0 spiro atoms. The van der Waals surface area contributed by atoms with Crippen molar-refractivity contribution in [3.8, 4) is 6.07 Å². The zero-order valence-corrected chi connectivity index (χ0v) is 10.7. The van der Waals surface area contributed by atoms with Crippen LogP contribution in [0.15, 0.2) is 11.6 Å². The summed E-state index contributed by atoms with van der Waals surface area (Å²) in [7, 11) is 0. The number of hydrogen-bond acceptors (Lipinski definition) is 3. The first-order valence-electron chi connectivity index (χ1n) is 5.78. The molecule has 0 aromatic rings. The lowest BCUT2D eigenvalue weighted by Gasteiger charge is -2.20. The Balaban J connectivity index is 4.75. The average Bonchev–Trinajstić information content (AvgIpc) is 2.28. The van der Waals surface area contributed by atoms with Crippen molar-refractivity contribution < 1.29 is 9.53 Å². The van der Waals surface area contributed by atoms with E-state index >= 15 is 0 Å². The fraction of sp³-hybridized carbons (Fsp3) is 0.692. The second-order valence-corrected chi connectivity index (χ2v) is 3.99. The smallest absolute Gasteiger partial charge is 0.330 e. The lowest BCUT2D eigenvalue weighted by atomic mass is 9.84. The van der Waals surface area contributed by atoms with Gasteiger partial charge >= 0.3 is 5.97 Å². The molecule has 0 rings (SSSR count). The van der Waals surface area contributed by atoms with E-state index in [9.17, 15) is 4.79 Å². The van der Waals surface area contributed by atoms with Crippen molar-refractivity contribution in [1.82, 2.24) is 0 Å². The molecular weight excluding hydrogens is 202 g/mol. The van der Waals surface area contributed by atoms with Gasteiger partial charge in [0.2, 0.25) is 0 Å². The summed E-state index contributed by atoms with van der Waals surface area (Å²) in [6.07, 6.45) is 5.04. The summed E-state index contributed by atoms with van der Waals surface area (Å²) in [4.78, 5) is 11.7. The normalized spacial score (nSPS) is 15.1. The molecule has 0 bridgehead atoms. The monoisotopic (exact) mass is 223 g/mol. The van der Waals surface area contributed by atoms with Gasteiger partial charge in [0.15, 0.2) is 5.41 Å². The third-order valence-corrected chi connectivity index (χ3v) is 2.70. The van der Waals surface area contributed by atoms with Gasteiger partial charge in [-0.2, -0.15) is 5.26 Å². The third kappa shape index (κ3) is 3.69. The fourth-order valence-corrected chi connectivity index (χ4v) is 1.30. The van der Waals surface area contributed by atoms with E-state index in [-0.39, 0.29) is 0 Å². The Labute approximate surface area is 98.1 Å². The van der Waals surface area contributed by atoms with E-state index in [1.54, 1.807) is 13.8 Å². The largest absolute Gasteiger partial charge is 0.465 e. The summed E-state index contributed by atoms with van der Waals surface area (Å²) in [5.74, 6) is -0.456. The number of rotatable bonds is 6. The van der Waals surface area contributed by atoms with Crippen LogP contribution in [0.1, 0.15) is 47.0 Å². The van der Waals surface area contributed by atoms with Gasteiger partial charge in [0.1, 0.15) is 0 Å². The minimum atomic E-state index is -1.14. The van der Waals surface area contributed by atoms with Gasteiger partial charge in [-0.1, -0.05) is 25.8 Å². The molecule has 0 saturated heterocycles. The first kappa shape index (κ1) is 14.7. The molecule has 0 aromatic carbocycles. The van der Waals surface area contributed by atoms with E-state index in [1.807, 2.05) is 19.1 Å². The Morgan fingerprint density at radius 1 is 1.50 bits per heavy atom. The van der Waals surface area contributed by atoms with Crippen LogP contribution >= 0.6 is 0 Å². The zero-order chi connectivity index (χ0) is 12.6. The molecule has 0 aliphatic rings. The molecular formula is C13H21NO2. The van der Waals surface area contributed by atoms with E-state index in [0.29, 0.717) is 6.61 Å². The van der Waals surface area contributed by atoms with Crippen LogP contribution in [0, 0.1) is 16.7 Å². The van der Waals surface area contributed by atoms with Crippen molar-refractivity contribution in [1.29, 1.82) is 5.26 Å². The Bertz CT molecular complexity index is 302. The van der Waals surface area contributed by atoms with Gasteiger partial charge in [-0.25, -0.2) is 4.79 Å². The van der Waals surface area contributed by atoms with Crippen LogP contribution in [0.5, 0.6) is 0 Å². The van der Waals surface area contributed by atoms with Crippen LogP contribution in [-0.2, 0) is 9.53 Å². The molecule has 0 amide bonds. The van der Waals surface area contributed by atoms with E-state index in [1.165, 1.54) is 0 Å². The van der Waals surface area contributed by atoms with Crippen molar-refractivity contribution in [3.63, 3.8) is 0 Å². The van der Waals surface area contributed by atoms with E-state index in [4.69, 9.17) is 10.00 Å². The SMILES string of the molecule is CCCC/C=C(/C)[C@](C)(C#N)C(=O)OCC. The van der Waals surface area contributed by atoms with E-state index < -0.39 is 11.4 Å². The molecule has 3 nitrogen and oxygen atoms in total. The maximum atomic E-state index is 11.7. The second-order valence-electron chi connectivity index (χ2n) is 3.99. The molecule has 0 saturated carbocycles. The van der Waals surface area contributed by atoms with Crippen LogP contribution in [0.3, 0.4) is 0 Å². The van der Waals surface area contributed by atoms with Gasteiger partial charge in [0, 0.05) is 0 Å². The summed E-state index contributed by atoms with van der Waals surface area (Å²) >= 11 is 0. The van der Waals surface area contributed by atoms with Crippen molar-refractivity contribution in [2.24, 2.45) is 5.41 Å². The van der Waals surface area contributed by atoms with Gasteiger partial charge in [-0.05, 0) is 32.8 Å². The number of carbonyl (C=O) groups is 1. The highest BCUT2D eigenvalue weighted by atomic mass is 16.5. The van der Waals surface area contributed by atoms with Gasteiger partial charge in [-0.3, -0.25) is 0 Å². The number of unbranched alkanes of at least 4 members (excludes halogenated alkanes) is 2. The molecule has 3 heteroatoms. The minimum Gasteiger partial charge on any atom is -0.465 e. The minimum absolute atomic E-state index is 0.304. The highest BCUT2D eigenvalue weighted by Gasteiger charge is 2.36. The number of allylic oxidation sites excluding steroid dienone is 1. The lowest BCUT2D eigenvalue weighted by Crippen LogP contribution is -2.29. The first-order valence-corrected chi connectivity index (χ1v) is 5.78. The predicted octanol–water partition coefficient (Wildman–Crippen LogP) is 3.22. The summed E-state index contributed by atoms with van der Waals surface area (Å²) < 4.78 is 4.92. The predicted molar refractivity (Wildman–Crippen MR) is 63.6 cm³/mol. The number of nitriles is 1. The van der Waals surface area contributed by atoms with Crippen LogP contribution in [0.25, 0.3) is 0 Å². The third-order valence-electron chi connectivity index (χ3n) is 2.70. The van der Waals surface area contributed by atoms with E-state index in [0.717, 1.165) is 24.8 Å². The summed E-state index contributed by atoms with van der Waals surface area (Å²) in [6.45, 7) is 7.58. The summed E-state index contributed by atoms with van der Waals surface area (Å²) in [5.41, 5.74) is -0.356. The molecule has 90 valence electrons. The van der Waals surface area contributed by atoms with E-state index in [2.05, 4.69) is 6.92 Å². The second kappa shape index (κ2) is 7.05. The van der Waals surface area contributed by atoms with Crippen LogP contribution in [0.4, 0.5) is 0 Å². The highest BCUT2D eigenvalue weighted by molar-refractivity contribution is 5.83. The number of ether oxygens (including phenoxy) is 1. The van der Waals surface area contributed by atoms with Crippen LogP contribution in [0.2, 0.25) is 0 Å². The Kier molecular flexibility index (Phi) is 6.48. The quantitative estimate of drug-likeness (QED) is 0.394. The molecule has 0 aliphatic heterocycles. The Hall–Kier alpha value is -1.30. The first-order chi connectivity index (χ1) is 7.52. The Morgan fingerprint density at radius 3 is 2.56 bits per heavy atom. The topological polar surface area (TPSA) is 50.1 Å². The Morgan fingerprint density at radius 2 is 2.12 bits per heavy atom. The maximum Gasteiger partial charge on any atom is 0.330 e. The molecule has 16 heavy (non-hydrogen) atoms. The lowest BCUT2D eigenvalue weighted by molar-refractivity contribution is -0.149. The van der Waals surface area contributed by atoms with Crippen LogP contribution < -0.4 is 0 Å². The molecule has 0 unspecified atom stereocenters. The van der Waals surface area contributed by atoms with Crippen molar-refractivity contribution in [3.05, 3.63) is 11.6 Å². The highest BCUT2D eigenvalue weighted by Crippen LogP contribution is 2.28. The average molecular weight is 223 g/mol.